The van der Waals surface area contributed by atoms with E-state index in [1.54, 1.807) is 12.1 Å². The Bertz CT molecular complexity index is 512. The fraction of sp³-hybridized carbons (Fsp3) is 0.333. The molecule has 0 bridgehead atoms. The molecule has 0 spiro atoms. The lowest BCUT2D eigenvalue weighted by Gasteiger charge is -2.24. The molecule has 0 unspecified atom stereocenters. The van der Waals surface area contributed by atoms with E-state index in [0.717, 1.165) is 5.56 Å². The highest BCUT2D eigenvalue weighted by Gasteiger charge is 2.15. The summed E-state index contributed by atoms with van der Waals surface area (Å²) in [7, 11) is 0. The van der Waals surface area contributed by atoms with Gasteiger partial charge in [0.1, 0.15) is 0 Å². The van der Waals surface area contributed by atoms with Crippen LogP contribution in [0.5, 0.6) is 0 Å². The Hall–Kier alpha value is -1.81. The number of benzene rings is 1. The van der Waals surface area contributed by atoms with Crippen LogP contribution in [0.25, 0.3) is 6.08 Å². The Kier molecular flexibility index (Phi) is 6.25. The van der Waals surface area contributed by atoms with Crippen molar-refractivity contribution in [3.8, 4) is 0 Å². The second kappa shape index (κ2) is 7.70. The summed E-state index contributed by atoms with van der Waals surface area (Å²) in [5.74, 6) is -1.14. The molecule has 0 aliphatic carbocycles. The first kappa shape index (κ1) is 16.2. The third-order valence-corrected chi connectivity index (χ3v) is 3.13. The molecule has 1 amide bonds. The van der Waals surface area contributed by atoms with Crippen LogP contribution in [0.15, 0.2) is 30.3 Å². The van der Waals surface area contributed by atoms with Crippen LogP contribution < -0.4 is 0 Å². The van der Waals surface area contributed by atoms with Crippen molar-refractivity contribution in [2.75, 3.05) is 6.54 Å². The third-order valence-electron chi connectivity index (χ3n) is 2.78. The predicted octanol–water partition coefficient (Wildman–Crippen LogP) is 3.06. The first-order valence-corrected chi connectivity index (χ1v) is 6.74. The van der Waals surface area contributed by atoms with E-state index < -0.39 is 5.97 Å². The van der Waals surface area contributed by atoms with Gasteiger partial charge in [-0.1, -0.05) is 29.8 Å². The summed E-state index contributed by atoms with van der Waals surface area (Å²) in [5.41, 5.74) is 0.754. The number of carboxylic acids is 1. The number of hydrogen-bond acceptors (Lipinski definition) is 2. The Morgan fingerprint density at radius 2 is 2.00 bits per heavy atom. The zero-order valence-electron chi connectivity index (χ0n) is 11.5. The minimum Gasteiger partial charge on any atom is -0.481 e. The molecule has 0 aliphatic heterocycles. The number of amides is 1. The van der Waals surface area contributed by atoms with Crippen LogP contribution in [0.3, 0.4) is 0 Å². The summed E-state index contributed by atoms with van der Waals surface area (Å²) in [6.45, 7) is 3.89. The number of carboxylic acid groups (broad SMARTS) is 1. The summed E-state index contributed by atoms with van der Waals surface area (Å²) in [6, 6.07) is 7.15. The van der Waals surface area contributed by atoms with Crippen molar-refractivity contribution >= 4 is 29.6 Å². The van der Waals surface area contributed by atoms with E-state index in [0.29, 0.717) is 5.02 Å². The number of aliphatic carboxylic acids is 1. The van der Waals surface area contributed by atoms with Crippen molar-refractivity contribution in [1.82, 2.24) is 4.90 Å². The zero-order chi connectivity index (χ0) is 15.1. The molecule has 0 radical (unpaired) electrons. The van der Waals surface area contributed by atoms with Crippen molar-refractivity contribution in [1.29, 1.82) is 0 Å². The van der Waals surface area contributed by atoms with Crippen LogP contribution in [0, 0.1) is 0 Å². The van der Waals surface area contributed by atoms with Gasteiger partial charge in [0.15, 0.2) is 0 Å². The molecule has 1 aromatic rings. The average Bonchev–Trinajstić information content (AvgIpc) is 2.37. The summed E-state index contributed by atoms with van der Waals surface area (Å²) in [4.78, 5) is 24.2. The van der Waals surface area contributed by atoms with Gasteiger partial charge in [0, 0.05) is 23.7 Å². The topological polar surface area (TPSA) is 57.6 Å². The summed E-state index contributed by atoms with van der Waals surface area (Å²) in [6.07, 6.45) is 2.99. The van der Waals surface area contributed by atoms with Gasteiger partial charge in [-0.3, -0.25) is 9.59 Å². The molecule has 0 saturated carbocycles. The number of nitrogens with zero attached hydrogens (tertiary/aromatic N) is 1. The lowest BCUT2D eigenvalue weighted by molar-refractivity contribution is -0.138. The highest BCUT2D eigenvalue weighted by molar-refractivity contribution is 6.32. The second-order valence-corrected chi connectivity index (χ2v) is 5.03. The molecule has 0 aliphatic rings. The van der Waals surface area contributed by atoms with Crippen molar-refractivity contribution in [3.63, 3.8) is 0 Å². The second-order valence-electron chi connectivity index (χ2n) is 4.62. The summed E-state index contributed by atoms with van der Waals surface area (Å²) < 4.78 is 0. The quantitative estimate of drug-likeness (QED) is 0.821. The van der Waals surface area contributed by atoms with Crippen molar-refractivity contribution in [2.45, 2.75) is 26.3 Å². The van der Waals surface area contributed by atoms with E-state index in [1.807, 2.05) is 32.0 Å². The molecular weight excluding hydrogens is 278 g/mol. The fourth-order valence-electron chi connectivity index (χ4n) is 1.71. The molecule has 1 N–H and O–H groups in total. The monoisotopic (exact) mass is 295 g/mol. The largest absolute Gasteiger partial charge is 0.481 e. The van der Waals surface area contributed by atoms with Crippen LogP contribution >= 0.6 is 11.6 Å². The molecule has 1 rings (SSSR count). The van der Waals surface area contributed by atoms with E-state index in [1.165, 1.54) is 11.0 Å². The Morgan fingerprint density at radius 1 is 1.35 bits per heavy atom. The molecule has 0 aromatic heterocycles. The lowest BCUT2D eigenvalue weighted by Crippen LogP contribution is -2.37. The lowest BCUT2D eigenvalue weighted by atomic mass is 10.2. The van der Waals surface area contributed by atoms with Gasteiger partial charge in [0.2, 0.25) is 5.91 Å². The fourth-order valence-corrected chi connectivity index (χ4v) is 1.90. The van der Waals surface area contributed by atoms with Crippen LogP contribution in [-0.2, 0) is 9.59 Å². The minimum absolute atomic E-state index is 0.0576. The van der Waals surface area contributed by atoms with E-state index in [9.17, 15) is 9.59 Å². The SMILES string of the molecule is CC(C)N(CCC(=O)O)C(=O)/C=C/c1ccccc1Cl. The van der Waals surface area contributed by atoms with Crippen LogP contribution in [-0.4, -0.2) is 34.5 Å². The van der Waals surface area contributed by atoms with Gasteiger partial charge in [0.25, 0.3) is 0 Å². The standard InChI is InChI=1S/C15H18ClNO3/c1-11(2)17(10-9-15(19)20)14(18)8-7-12-5-3-4-6-13(12)16/h3-8,11H,9-10H2,1-2H3,(H,19,20)/b8-7+. The van der Waals surface area contributed by atoms with Gasteiger partial charge < -0.3 is 10.0 Å². The molecule has 20 heavy (non-hydrogen) atoms. The maximum Gasteiger partial charge on any atom is 0.305 e. The smallest absolute Gasteiger partial charge is 0.305 e. The molecule has 4 nitrogen and oxygen atoms in total. The molecule has 0 fully saturated rings. The van der Waals surface area contributed by atoms with Crippen LogP contribution in [0.2, 0.25) is 5.02 Å². The number of carbonyl (C=O) groups is 2. The van der Waals surface area contributed by atoms with Crippen molar-refractivity contribution < 1.29 is 14.7 Å². The summed E-state index contributed by atoms with van der Waals surface area (Å²) in [5, 5.41) is 9.26. The Balaban J connectivity index is 2.76. The molecule has 0 heterocycles. The van der Waals surface area contributed by atoms with E-state index in [4.69, 9.17) is 16.7 Å². The third kappa shape index (κ3) is 5.05. The van der Waals surface area contributed by atoms with Gasteiger partial charge in [-0.25, -0.2) is 0 Å². The van der Waals surface area contributed by atoms with Gasteiger partial charge in [-0.2, -0.15) is 0 Å². The molecular formula is C15H18ClNO3. The van der Waals surface area contributed by atoms with Crippen molar-refractivity contribution in [3.05, 3.63) is 40.9 Å². The van der Waals surface area contributed by atoms with Crippen LogP contribution in [0.1, 0.15) is 25.8 Å². The van der Waals surface area contributed by atoms with E-state index >= 15 is 0 Å². The zero-order valence-corrected chi connectivity index (χ0v) is 12.3. The maximum absolute atomic E-state index is 12.1. The number of halogens is 1. The number of rotatable bonds is 6. The molecule has 108 valence electrons. The number of hydrogen-bond donors (Lipinski definition) is 1. The summed E-state index contributed by atoms with van der Waals surface area (Å²) >= 11 is 6.00. The van der Waals surface area contributed by atoms with E-state index in [-0.39, 0.29) is 24.9 Å². The maximum atomic E-state index is 12.1. The Morgan fingerprint density at radius 3 is 2.55 bits per heavy atom. The molecule has 1 aromatic carbocycles. The van der Waals surface area contributed by atoms with Gasteiger partial charge in [-0.15, -0.1) is 0 Å². The van der Waals surface area contributed by atoms with Gasteiger partial charge in [0.05, 0.1) is 6.42 Å². The van der Waals surface area contributed by atoms with Gasteiger partial charge >= 0.3 is 5.97 Å². The normalized spacial score (nSPS) is 11.0. The number of carbonyl (C=O) groups excluding carboxylic acids is 1. The van der Waals surface area contributed by atoms with E-state index in [2.05, 4.69) is 0 Å². The first-order chi connectivity index (χ1) is 9.41. The molecule has 5 heteroatoms. The van der Waals surface area contributed by atoms with Gasteiger partial charge in [-0.05, 0) is 31.6 Å². The molecule has 0 saturated heterocycles. The Labute approximate surface area is 123 Å². The first-order valence-electron chi connectivity index (χ1n) is 6.37. The minimum atomic E-state index is -0.918. The molecule has 0 atom stereocenters. The highest BCUT2D eigenvalue weighted by atomic mass is 35.5. The average molecular weight is 296 g/mol. The predicted molar refractivity (Wildman–Crippen MR) is 79.6 cm³/mol. The van der Waals surface area contributed by atoms with Crippen LogP contribution in [0.4, 0.5) is 0 Å². The van der Waals surface area contributed by atoms with Crippen molar-refractivity contribution in [2.24, 2.45) is 0 Å². The highest BCUT2D eigenvalue weighted by Crippen LogP contribution is 2.16.